The van der Waals surface area contributed by atoms with Crippen LogP contribution in [0.4, 0.5) is 4.79 Å². The van der Waals surface area contributed by atoms with Crippen molar-refractivity contribution in [2.75, 3.05) is 6.54 Å². The maximum atomic E-state index is 13.2. The zero-order valence-electron chi connectivity index (χ0n) is 16.7. The quantitative estimate of drug-likeness (QED) is 0.713. The van der Waals surface area contributed by atoms with Gasteiger partial charge in [0.2, 0.25) is 10.0 Å². The summed E-state index contributed by atoms with van der Waals surface area (Å²) in [6, 6.07) is 13.3. The molecule has 2 unspecified atom stereocenters. The molecule has 4 rings (SSSR count). The molecule has 2 atom stereocenters. The van der Waals surface area contributed by atoms with Crippen LogP contribution in [0.15, 0.2) is 53.4 Å². The highest BCUT2D eigenvalue weighted by molar-refractivity contribution is 7.89. The molecule has 160 valence electrons. The highest BCUT2D eigenvalue weighted by Crippen LogP contribution is 2.32. The van der Waals surface area contributed by atoms with Gasteiger partial charge in [-0.15, -0.1) is 0 Å². The molecular formula is C21H20N4O5S. The number of nitrogens with zero attached hydrogens (tertiary/aromatic N) is 3. The lowest BCUT2D eigenvalue weighted by atomic mass is 10.2. The fourth-order valence-corrected chi connectivity index (χ4v) is 5.45. The van der Waals surface area contributed by atoms with E-state index < -0.39 is 34.2 Å². The smallest absolute Gasteiger partial charge is 0.326 e. The third-order valence-corrected chi connectivity index (χ3v) is 7.32. The summed E-state index contributed by atoms with van der Waals surface area (Å²) < 4.78 is 33.5. The van der Waals surface area contributed by atoms with Crippen LogP contribution in [-0.2, 0) is 14.8 Å². The van der Waals surface area contributed by atoms with Gasteiger partial charge in [-0.1, -0.05) is 0 Å². The minimum absolute atomic E-state index is 0.0742. The molecule has 9 nitrogen and oxygen atoms in total. The summed E-state index contributed by atoms with van der Waals surface area (Å²) in [5.74, 6) is 0.534. The molecule has 2 aromatic rings. The molecule has 2 heterocycles. The van der Waals surface area contributed by atoms with E-state index >= 15 is 0 Å². The van der Waals surface area contributed by atoms with E-state index in [4.69, 9.17) is 10.00 Å². The molecule has 0 bridgehead atoms. The van der Waals surface area contributed by atoms with Gasteiger partial charge in [0, 0.05) is 6.54 Å². The summed E-state index contributed by atoms with van der Waals surface area (Å²) in [7, 11) is -3.88. The minimum atomic E-state index is -3.88. The van der Waals surface area contributed by atoms with Crippen LogP contribution in [-0.4, -0.2) is 48.3 Å². The molecule has 2 fully saturated rings. The number of urea groups is 1. The number of nitriles is 1. The molecule has 1 N–H and O–H groups in total. The first kappa shape index (κ1) is 20.8. The molecule has 3 amide bonds. The summed E-state index contributed by atoms with van der Waals surface area (Å²) in [4.78, 5) is 25.4. The normalized spacial score (nSPS) is 21.7. The van der Waals surface area contributed by atoms with Crippen molar-refractivity contribution in [1.82, 2.24) is 14.5 Å². The molecule has 0 radical (unpaired) electrons. The van der Waals surface area contributed by atoms with Crippen LogP contribution < -0.4 is 10.1 Å². The van der Waals surface area contributed by atoms with Crippen molar-refractivity contribution < 1.29 is 22.7 Å². The van der Waals surface area contributed by atoms with Crippen LogP contribution in [0, 0.1) is 11.3 Å². The number of hydrogen-bond acceptors (Lipinski definition) is 6. The van der Waals surface area contributed by atoms with E-state index in [-0.39, 0.29) is 11.4 Å². The number of benzene rings is 2. The second-order valence-electron chi connectivity index (χ2n) is 7.33. The number of imide groups is 1. The standard InChI is InChI=1S/C21H20N4O5S/c1-14-20(26)23-21(27)25(14)19-3-2-12-24(19)31(28,29)18-10-8-17(9-11-18)30-16-6-4-15(13-22)5-7-16/h4-11,14,19H,2-3,12H2,1H3,(H,23,26,27). The van der Waals surface area contributed by atoms with E-state index in [2.05, 4.69) is 5.32 Å². The Labute approximate surface area is 179 Å². The van der Waals surface area contributed by atoms with Crippen LogP contribution >= 0.6 is 0 Å². The second-order valence-corrected chi connectivity index (χ2v) is 9.22. The Morgan fingerprint density at radius 1 is 1.06 bits per heavy atom. The van der Waals surface area contributed by atoms with Crippen LogP contribution in [0.3, 0.4) is 0 Å². The monoisotopic (exact) mass is 440 g/mol. The number of hydrogen-bond donors (Lipinski definition) is 1. The largest absolute Gasteiger partial charge is 0.457 e. The SMILES string of the molecule is CC1C(=O)NC(=O)N1C1CCCN1S(=O)(=O)c1ccc(Oc2ccc(C#N)cc2)cc1. The van der Waals surface area contributed by atoms with E-state index in [1.807, 2.05) is 6.07 Å². The van der Waals surface area contributed by atoms with Crippen molar-refractivity contribution in [3.63, 3.8) is 0 Å². The van der Waals surface area contributed by atoms with Crippen molar-refractivity contribution in [3.05, 3.63) is 54.1 Å². The molecule has 10 heteroatoms. The van der Waals surface area contributed by atoms with Crippen LogP contribution in [0.5, 0.6) is 11.5 Å². The summed E-state index contributed by atoms with van der Waals surface area (Å²) in [5.41, 5.74) is 0.511. The van der Waals surface area contributed by atoms with Gasteiger partial charge >= 0.3 is 6.03 Å². The first-order valence-electron chi connectivity index (χ1n) is 9.74. The number of rotatable bonds is 5. The first-order chi connectivity index (χ1) is 14.8. The molecule has 0 aromatic heterocycles. The Morgan fingerprint density at radius 2 is 1.68 bits per heavy atom. The van der Waals surface area contributed by atoms with Gasteiger partial charge in [-0.2, -0.15) is 9.57 Å². The maximum Gasteiger partial charge on any atom is 0.326 e. The van der Waals surface area contributed by atoms with Gasteiger partial charge in [0.15, 0.2) is 0 Å². The minimum Gasteiger partial charge on any atom is -0.457 e. The Hall–Kier alpha value is -3.42. The van der Waals surface area contributed by atoms with E-state index in [0.717, 1.165) is 0 Å². The lowest BCUT2D eigenvalue weighted by molar-refractivity contribution is -0.121. The third-order valence-electron chi connectivity index (χ3n) is 5.41. The van der Waals surface area contributed by atoms with Gasteiger partial charge in [-0.3, -0.25) is 15.0 Å². The summed E-state index contributed by atoms with van der Waals surface area (Å²) in [6.45, 7) is 1.85. The van der Waals surface area contributed by atoms with Crippen LogP contribution in [0.2, 0.25) is 0 Å². The van der Waals surface area contributed by atoms with Crippen molar-refractivity contribution >= 4 is 22.0 Å². The average molecular weight is 440 g/mol. The number of amides is 3. The Balaban J connectivity index is 1.53. The van der Waals surface area contributed by atoms with Gasteiger partial charge in [0.05, 0.1) is 16.5 Å². The van der Waals surface area contributed by atoms with Crippen LogP contribution in [0.25, 0.3) is 0 Å². The molecule has 0 aliphatic carbocycles. The predicted molar refractivity (Wildman–Crippen MR) is 109 cm³/mol. The Morgan fingerprint density at radius 3 is 2.23 bits per heavy atom. The summed E-state index contributed by atoms with van der Waals surface area (Å²) in [5, 5.41) is 11.1. The zero-order valence-corrected chi connectivity index (χ0v) is 17.5. The third kappa shape index (κ3) is 3.85. The molecule has 0 spiro atoms. The van der Waals surface area contributed by atoms with Gasteiger partial charge < -0.3 is 4.74 Å². The molecule has 0 saturated carbocycles. The summed E-state index contributed by atoms with van der Waals surface area (Å²) in [6.07, 6.45) is 0.347. The van der Waals surface area contributed by atoms with E-state index in [0.29, 0.717) is 29.9 Å². The predicted octanol–water partition coefficient (Wildman–Crippen LogP) is 2.40. The summed E-state index contributed by atoms with van der Waals surface area (Å²) >= 11 is 0. The first-order valence-corrected chi connectivity index (χ1v) is 11.2. The molecule has 2 aliphatic rings. The molecule has 2 saturated heterocycles. The van der Waals surface area contributed by atoms with Crippen LogP contribution in [0.1, 0.15) is 25.3 Å². The Bertz CT molecular complexity index is 1160. The highest BCUT2D eigenvalue weighted by atomic mass is 32.2. The van der Waals surface area contributed by atoms with Gasteiger partial charge in [0.25, 0.3) is 5.91 Å². The van der Waals surface area contributed by atoms with Crippen molar-refractivity contribution in [2.45, 2.75) is 36.9 Å². The van der Waals surface area contributed by atoms with Crippen molar-refractivity contribution in [3.8, 4) is 17.6 Å². The van der Waals surface area contributed by atoms with Gasteiger partial charge in [-0.25, -0.2) is 13.2 Å². The Kier molecular flexibility index (Phi) is 5.39. The average Bonchev–Trinajstić information content (AvgIpc) is 3.33. The van der Waals surface area contributed by atoms with Crippen molar-refractivity contribution in [1.29, 1.82) is 5.26 Å². The van der Waals surface area contributed by atoms with Crippen molar-refractivity contribution in [2.24, 2.45) is 0 Å². The fraction of sp³-hybridized carbons (Fsp3) is 0.286. The number of nitrogens with one attached hydrogen (secondary N) is 1. The lowest BCUT2D eigenvalue weighted by Gasteiger charge is -2.32. The highest BCUT2D eigenvalue weighted by Gasteiger charge is 2.47. The van der Waals surface area contributed by atoms with E-state index in [9.17, 15) is 18.0 Å². The van der Waals surface area contributed by atoms with E-state index in [1.54, 1.807) is 43.3 Å². The second kappa shape index (κ2) is 8.02. The maximum absolute atomic E-state index is 13.2. The topological polar surface area (TPSA) is 120 Å². The zero-order chi connectivity index (χ0) is 22.2. The number of carbonyl (C=O) groups is 2. The van der Waals surface area contributed by atoms with Gasteiger partial charge in [-0.05, 0) is 68.3 Å². The van der Waals surface area contributed by atoms with Gasteiger partial charge in [0.1, 0.15) is 23.7 Å². The molecular weight excluding hydrogens is 420 g/mol. The molecule has 31 heavy (non-hydrogen) atoms. The van der Waals surface area contributed by atoms with E-state index in [1.165, 1.54) is 21.3 Å². The molecule has 2 aliphatic heterocycles. The number of carbonyl (C=O) groups excluding carboxylic acids is 2. The molecule has 2 aromatic carbocycles. The lowest BCUT2D eigenvalue weighted by Crippen LogP contribution is -2.50. The fourth-order valence-electron chi connectivity index (χ4n) is 3.80. The number of ether oxygens (including phenoxy) is 1. The number of sulfonamides is 1.